The summed E-state index contributed by atoms with van der Waals surface area (Å²) in [5, 5.41) is 10.6. The minimum Gasteiger partial charge on any atom is -0.455 e. The highest BCUT2D eigenvalue weighted by Gasteiger charge is 2.10. The quantitative estimate of drug-likeness (QED) is 0.499. The van der Waals surface area contributed by atoms with Crippen LogP contribution in [0.1, 0.15) is 0 Å². The molecule has 0 amide bonds. The van der Waals surface area contributed by atoms with E-state index in [-0.39, 0.29) is 11.4 Å². The van der Waals surface area contributed by atoms with Crippen LogP contribution >= 0.6 is 0 Å². The Morgan fingerprint density at radius 2 is 1.82 bits per heavy atom. The molecule has 0 saturated carbocycles. The molecule has 2 aromatic rings. The van der Waals surface area contributed by atoms with Gasteiger partial charge < -0.3 is 10.5 Å². The first-order chi connectivity index (χ1) is 8.16. The van der Waals surface area contributed by atoms with Gasteiger partial charge in [-0.2, -0.15) is 0 Å². The number of nitrogens with zero attached hydrogens (tertiary/aromatic N) is 1. The molecule has 0 aromatic heterocycles. The van der Waals surface area contributed by atoms with E-state index in [1.165, 1.54) is 18.2 Å². The van der Waals surface area contributed by atoms with Crippen LogP contribution in [-0.4, -0.2) is 4.92 Å². The number of ether oxygens (including phenoxy) is 1. The van der Waals surface area contributed by atoms with Gasteiger partial charge in [0.1, 0.15) is 5.75 Å². The van der Waals surface area contributed by atoms with E-state index >= 15 is 0 Å². The first kappa shape index (κ1) is 10.9. The summed E-state index contributed by atoms with van der Waals surface area (Å²) >= 11 is 0. The molecule has 5 nitrogen and oxygen atoms in total. The topological polar surface area (TPSA) is 78.4 Å². The Hall–Kier alpha value is -2.56. The average Bonchev–Trinajstić information content (AvgIpc) is 2.33. The van der Waals surface area contributed by atoms with Gasteiger partial charge in [0.2, 0.25) is 0 Å². The highest BCUT2D eigenvalue weighted by Crippen LogP contribution is 2.30. The van der Waals surface area contributed by atoms with Crippen molar-refractivity contribution < 1.29 is 9.66 Å². The fourth-order valence-corrected chi connectivity index (χ4v) is 1.34. The van der Waals surface area contributed by atoms with Gasteiger partial charge in [-0.3, -0.25) is 10.1 Å². The Morgan fingerprint density at radius 3 is 2.47 bits per heavy atom. The minimum absolute atomic E-state index is 0.0508. The molecule has 0 spiro atoms. The molecule has 17 heavy (non-hydrogen) atoms. The molecule has 0 radical (unpaired) electrons. The Kier molecular flexibility index (Phi) is 2.91. The van der Waals surface area contributed by atoms with Gasteiger partial charge in [-0.1, -0.05) is 18.2 Å². The van der Waals surface area contributed by atoms with Crippen molar-refractivity contribution in [3.8, 4) is 11.5 Å². The molecule has 0 heterocycles. The van der Waals surface area contributed by atoms with Crippen LogP contribution in [0.2, 0.25) is 0 Å². The van der Waals surface area contributed by atoms with E-state index in [4.69, 9.17) is 10.5 Å². The van der Waals surface area contributed by atoms with Crippen molar-refractivity contribution in [2.24, 2.45) is 0 Å². The number of non-ortho nitro benzene ring substituents is 1. The van der Waals surface area contributed by atoms with Gasteiger partial charge in [-0.15, -0.1) is 0 Å². The van der Waals surface area contributed by atoms with E-state index in [0.29, 0.717) is 11.4 Å². The third-order valence-corrected chi connectivity index (χ3v) is 2.18. The molecule has 0 bridgehead atoms. The molecule has 0 unspecified atom stereocenters. The second-order valence-electron chi connectivity index (χ2n) is 3.39. The second kappa shape index (κ2) is 4.52. The third kappa shape index (κ3) is 2.52. The van der Waals surface area contributed by atoms with Crippen LogP contribution in [0, 0.1) is 10.1 Å². The van der Waals surface area contributed by atoms with Crippen molar-refractivity contribution in [1.29, 1.82) is 0 Å². The smallest absolute Gasteiger partial charge is 0.273 e. The molecule has 0 fully saturated rings. The lowest BCUT2D eigenvalue weighted by atomic mass is 10.2. The van der Waals surface area contributed by atoms with Crippen LogP contribution in [0.5, 0.6) is 11.5 Å². The molecule has 5 heteroatoms. The average molecular weight is 230 g/mol. The number of benzene rings is 2. The molecular formula is C12H10N2O3. The number of nitrogens with two attached hydrogens (primary N) is 1. The zero-order valence-corrected chi connectivity index (χ0v) is 8.87. The third-order valence-electron chi connectivity index (χ3n) is 2.18. The van der Waals surface area contributed by atoms with Gasteiger partial charge in [0, 0.05) is 6.07 Å². The van der Waals surface area contributed by atoms with E-state index in [1.807, 2.05) is 18.2 Å². The number of para-hydroxylation sites is 1. The summed E-state index contributed by atoms with van der Waals surface area (Å²) in [6.07, 6.45) is 0. The predicted molar refractivity (Wildman–Crippen MR) is 64.0 cm³/mol. The summed E-state index contributed by atoms with van der Waals surface area (Å²) < 4.78 is 5.47. The lowest BCUT2D eigenvalue weighted by Crippen LogP contribution is -1.94. The van der Waals surface area contributed by atoms with Crippen molar-refractivity contribution in [3.05, 3.63) is 58.6 Å². The zero-order chi connectivity index (χ0) is 12.3. The standard InChI is InChI=1S/C12H10N2O3/c13-11-7-6-9(14(15)16)8-12(11)17-10-4-2-1-3-5-10/h1-8H,13H2. The highest BCUT2D eigenvalue weighted by atomic mass is 16.6. The van der Waals surface area contributed by atoms with Crippen molar-refractivity contribution in [3.63, 3.8) is 0 Å². The molecule has 0 aliphatic rings. The summed E-state index contributed by atoms with van der Waals surface area (Å²) in [5.41, 5.74) is 6.00. The van der Waals surface area contributed by atoms with Crippen LogP contribution in [0.4, 0.5) is 11.4 Å². The van der Waals surface area contributed by atoms with E-state index < -0.39 is 4.92 Å². The van der Waals surface area contributed by atoms with Crippen LogP contribution in [0.3, 0.4) is 0 Å². The lowest BCUT2D eigenvalue weighted by Gasteiger charge is -2.07. The summed E-state index contributed by atoms with van der Waals surface area (Å²) in [5.74, 6) is 0.866. The van der Waals surface area contributed by atoms with Gasteiger partial charge in [-0.05, 0) is 18.2 Å². The molecule has 0 atom stereocenters. The van der Waals surface area contributed by atoms with Crippen molar-refractivity contribution in [1.82, 2.24) is 0 Å². The van der Waals surface area contributed by atoms with Gasteiger partial charge in [0.05, 0.1) is 16.7 Å². The number of nitro benzene ring substituents is 1. The summed E-state index contributed by atoms with van der Waals surface area (Å²) in [6, 6.07) is 13.1. The van der Waals surface area contributed by atoms with E-state index in [0.717, 1.165) is 0 Å². The Morgan fingerprint density at radius 1 is 1.12 bits per heavy atom. The molecule has 0 saturated heterocycles. The SMILES string of the molecule is Nc1ccc([N+](=O)[O-])cc1Oc1ccccc1. The normalized spacial score (nSPS) is 9.88. The first-order valence-corrected chi connectivity index (χ1v) is 4.93. The fraction of sp³-hybridized carbons (Fsp3) is 0. The number of hydrogen-bond acceptors (Lipinski definition) is 4. The van der Waals surface area contributed by atoms with Crippen molar-refractivity contribution in [2.45, 2.75) is 0 Å². The maximum Gasteiger partial charge on any atom is 0.273 e. The molecular weight excluding hydrogens is 220 g/mol. The summed E-state index contributed by atoms with van der Waals surface area (Å²) in [4.78, 5) is 10.1. The Labute approximate surface area is 97.6 Å². The number of rotatable bonds is 3. The lowest BCUT2D eigenvalue weighted by molar-refractivity contribution is -0.384. The maximum absolute atomic E-state index is 10.6. The predicted octanol–water partition coefficient (Wildman–Crippen LogP) is 2.97. The molecule has 86 valence electrons. The number of hydrogen-bond donors (Lipinski definition) is 1. The van der Waals surface area contributed by atoms with Crippen LogP contribution in [0.25, 0.3) is 0 Å². The molecule has 0 aliphatic carbocycles. The number of nitro groups is 1. The molecule has 2 rings (SSSR count). The second-order valence-corrected chi connectivity index (χ2v) is 3.39. The summed E-state index contributed by atoms with van der Waals surface area (Å²) in [6.45, 7) is 0. The Bertz CT molecular complexity index is 541. The molecule has 0 aliphatic heterocycles. The van der Waals surface area contributed by atoms with Crippen molar-refractivity contribution >= 4 is 11.4 Å². The highest BCUT2D eigenvalue weighted by molar-refractivity contribution is 5.58. The van der Waals surface area contributed by atoms with Gasteiger partial charge >= 0.3 is 0 Å². The monoisotopic (exact) mass is 230 g/mol. The van der Waals surface area contributed by atoms with E-state index in [1.54, 1.807) is 12.1 Å². The van der Waals surface area contributed by atoms with Gasteiger partial charge in [0.15, 0.2) is 5.75 Å². The van der Waals surface area contributed by atoms with Gasteiger partial charge in [0.25, 0.3) is 5.69 Å². The van der Waals surface area contributed by atoms with E-state index in [9.17, 15) is 10.1 Å². The van der Waals surface area contributed by atoms with Gasteiger partial charge in [-0.25, -0.2) is 0 Å². The first-order valence-electron chi connectivity index (χ1n) is 4.93. The van der Waals surface area contributed by atoms with Crippen LogP contribution < -0.4 is 10.5 Å². The van der Waals surface area contributed by atoms with Crippen LogP contribution in [0.15, 0.2) is 48.5 Å². The minimum atomic E-state index is -0.489. The zero-order valence-electron chi connectivity index (χ0n) is 8.87. The fourth-order valence-electron chi connectivity index (χ4n) is 1.34. The molecule has 2 aromatic carbocycles. The summed E-state index contributed by atoms with van der Waals surface area (Å²) in [7, 11) is 0. The largest absolute Gasteiger partial charge is 0.455 e. The Balaban J connectivity index is 2.32. The number of anilines is 1. The number of nitrogen functional groups attached to an aromatic ring is 1. The molecule has 2 N–H and O–H groups in total. The van der Waals surface area contributed by atoms with Crippen LogP contribution in [-0.2, 0) is 0 Å². The van der Waals surface area contributed by atoms with E-state index in [2.05, 4.69) is 0 Å². The van der Waals surface area contributed by atoms with Crippen molar-refractivity contribution in [2.75, 3.05) is 5.73 Å². The maximum atomic E-state index is 10.6.